The zero-order valence-electron chi connectivity index (χ0n) is 10.5. The van der Waals surface area contributed by atoms with Gasteiger partial charge >= 0.3 is 129 Å². The van der Waals surface area contributed by atoms with Gasteiger partial charge in [0, 0.05) is 0 Å². The van der Waals surface area contributed by atoms with Crippen LogP contribution < -0.4 is 0 Å². The molecule has 0 radical (unpaired) electrons. The average molecular weight is 501 g/mol. The van der Waals surface area contributed by atoms with Gasteiger partial charge in [-0.15, -0.1) is 0 Å². The Kier molecular flexibility index (Phi) is 6.98. The Labute approximate surface area is 130 Å². The third-order valence-electron chi connectivity index (χ3n) is 2.57. The first kappa shape index (κ1) is 23.6. The van der Waals surface area contributed by atoms with Crippen molar-refractivity contribution >= 4 is 19.7 Å². The van der Waals surface area contributed by atoms with E-state index in [4.69, 9.17) is 0 Å². The SMILES string of the molecule is [O]=[Sn]([CH](F)C(F)(F)C(F)(F)C(F)F)[CH](F)C(F)(F)C(F)(F)C(F)F. The van der Waals surface area contributed by atoms with Crippen molar-refractivity contribution in [1.82, 2.24) is 0 Å². The number of rotatable bonds is 8. The summed E-state index contributed by atoms with van der Waals surface area (Å²) >= 11 is -7.31. The van der Waals surface area contributed by atoms with Crippen LogP contribution in [0.1, 0.15) is 0 Å². The summed E-state index contributed by atoms with van der Waals surface area (Å²) in [6, 6.07) is 0. The summed E-state index contributed by atoms with van der Waals surface area (Å²) in [6.45, 7) is 0. The number of hydrogen-bond donors (Lipinski definition) is 0. The Hall–Kier alpha value is -0.381. The van der Waals surface area contributed by atoms with Crippen molar-refractivity contribution in [1.29, 1.82) is 0 Å². The van der Waals surface area contributed by atoms with E-state index in [2.05, 4.69) is 0 Å². The number of halogens is 14. The molecule has 0 N–H and O–H groups in total. The van der Waals surface area contributed by atoms with Gasteiger partial charge in [0.1, 0.15) is 0 Å². The van der Waals surface area contributed by atoms with E-state index in [0.29, 0.717) is 0 Å². The third kappa shape index (κ3) is 3.73. The maximum absolute atomic E-state index is 13.0. The van der Waals surface area contributed by atoms with E-state index in [1.165, 1.54) is 0 Å². The molecule has 1 nitrogen and oxygen atoms in total. The molecule has 0 amide bonds. The molecule has 0 aromatic heterocycles. The predicted octanol–water partition coefficient (Wildman–Crippen LogP) is 4.23. The van der Waals surface area contributed by atoms with Crippen LogP contribution in [-0.4, -0.2) is 64.7 Å². The first-order valence-electron chi connectivity index (χ1n) is 5.26. The summed E-state index contributed by atoms with van der Waals surface area (Å²) in [5, 5.41) is 0. The fourth-order valence-electron chi connectivity index (χ4n) is 1.11. The summed E-state index contributed by atoms with van der Waals surface area (Å²) in [6.07, 6.45) is -10.6. The average Bonchev–Trinajstić information content (AvgIpc) is 2.43. The van der Waals surface area contributed by atoms with Crippen LogP contribution in [0.5, 0.6) is 0 Å². The van der Waals surface area contributed by atoms with Gasteiger partial charge < -0.3 is 0 Å². The molecule has 0 aromatic carbocycles. The summed E-state index contributed by atoms with van der Waals surface area (Å²) in [5.41, 5.74) is 0. The summed E-state index contributed by atoms with van der Waals surface area (Å²) < 4.78 is 174. The minimum atomic E-state index is -7.31. The van der Waals surface area contributed by atoms with Crippen LogP contribution in [0.3, 0.4) is 0 Å². The van der Waals surface area contributed by atoms with E-state index in [1.807, 2.05) is 0 Å². The predicted molar refractivity (Wildman–Crippen MR) is 48.0 cm³/mol. The zero-order chi connectivity index (χ0) is 19.9. The molecule has 2 atom stereocenters. The van der Waals surface area contributed by atoms with E-state index >= 15 is 0 Å². The van der Waals surface area contributed by atoms with E-state index in [1.54, 1.807) is 0 Å². The molecule has 0 spiro atoms. The van der Waals surface area contributed by atoms with Gasteiger partial charge in [0.2, 0.25) is 0 Å². The fourth-order valence-corrected chi connectivity index (χ4v) is 4.99. The van der Waals surface area contributed by atoms with Crippen molar-refractivity contribution in [2.45, 2.75) is 44.9 Å². The molecule has 144 valence electrons. The molecule has 0 fully saturated rings. The van der Waals surface area contributed by atoms with Crippen molar-refractivity contribution in [2.75, 3.05) is 0 Å². The molecule has 0 aromatic rings. The maximum atomic E-state index is 13.0. The molecule has 0 heterocycles. The van der Waals surface area contributed by atoms with Gasteiger partial charge in [0.05, 0.1) is 0 Å². The molecule has 24 heavy (non-hydrogen) atoms. The second-order valence-corrected chi connectivity index (χ2v) is 9.41. The summed E-state index contributed by atoms with van der Waals surface area (Å²) in [5.74, 6) is -26.6. The molecule has 0 saturated carbocycles. The van der Waals surface area contributed by atoms with Gasteiger partial charge in [0.15, 0.2) is 0 Å². The van der Waals surface area contributed by atoms with Gasteiger partial charge in [-0.05, 0) is 0 Å². The Bertz CT molecular complexity index is 422. The number of alkyl halides is 14. The minimum absolute atomic E-state index is 5.17. The topological polar surface area (TPSA) is 17.1 Å². The Morgan fingerprint density at radius 2 is 0.708 bits per heavy atom. The molecule has 0 saturated heterocycles. The van der Waals surface area contributed by atoms with Crippen LogP contribution in [0.2, 0.25) is 0 Å². The van der Waals surface area contributed by atoms with E-state index in [0.717, 1.165) is 0 Å². The van der Waals surface area contributed by atoms with Gasteiger partial charge in [0.25, 0.3) is 0 Å². The third-order valence-corrected chi connectivity index (χ3v) is 7.49. The molecule has 0 aliphatic rings. The molecular weight excluding hydrogens is 497 g/mol. The summed E-state index contributed by atoms with van der Waals surface area (Å²) in [7, 11) is 0. The second-order valence-electron chi connectivity index (χ2n) is 4.22. The number of hydrogen-bond acceptors (Lipinski definition) is 1. The fraction of sp³-hybridized carbons (Fsp3) is 1.00. The zero-order valence-corrected chi connectivity index (χ0v) is 13.4. The van der Waals surface area contributed by atoms with Gasteiger partial charge in [-0.2, -0.15) is 0 Å². The van der Waals surface area contributed by atoms with Gasteiger partial charge in [-0.1, -0.05) is 0 Å². The van der Waals surface area contributed by atoms with Crippen molar-refractivity contribution in [3.63, 3.8) is 0 Å². The first-order chi connectivity index (χ1) is 10.4. The molecule has 16 heteroatoms. The monoisotopic (exact) mass is 502 g/mol. The van der Waals surface area contributed by atoms with Crippen molar-refractivity contribution < 1.29 is 64.5 Å². The molecule has 2 unspecified atom stereocenters. The molecule has 0 aliphatic heterocycles. The summed E-state index contributed by atoms with van der Waals surface area (Å²) in [4.78, 5) is 0. The Balaban J connectivity index is 5.71. The van der Waals surface area contributed by atoms with Crippen LogP contribution in [0, 0.1) is 0 Å². The quantitative estimate of drug-likeness (QED) is 0.360. The molecular formula is C8H4F14OSn. The molecule has 0 bridgehead atoms. The molecule has 0 rings (SSSR count). The first-order valence-corrected chi connectivity index (χ1v) is 9.72. The van der Waals surface area contributed by atoms with E-state index in [9.17, 15) is 64.5 Å². The van der Waals surface area contributed by atoms with Crippen molar-refractivity contribution in [2.24, 2.45) is 0 Å². The normalized spacial score (nSPS) is 17.3. The van der Waals surface area contributed by atoms with E-state index in [-0.39, 0.29) is 0 Å². The second kappa shape index (κ2) is 7.09. The van der Waals surface area contributed by atoms with Crippen molar-refractivity contribution in [3.8, 4) is 0 Å². The standard InChI is InChI=1S/2C4H2F7.O.Sn/c2*5-1-3(8,9)4(10,11)2(6)7;;/h2*1-2H;;. The Morgan fingerprint density at radius 3 is 0.875 bits per heavy atom. The van der Waals surface area contributed by atoms with E-state index < -0.39 is 64.7 Å². The van der Waals surface area contributed by atoms with Gasteiger partial charge in [-0.25, -0.2) is 0 Å². The van der Waals surface area contributed by atoms with Crippen molar-refractivity contribution in [3.05, 3.63) is 0 Å². The van der Waals surface area contributed by atoms with Crippen LogP contribution in [-0.2, 0) is 3.08 Å². The molecule has 0 aliphatic carbocycles. The Morgan fingerprint density at radius 1 is 0.500 bits per heavy atom. The van der Waals surface area contributed by atoms with Gasteiger partial charge in [-0.3, -0.25) is 0 Å². The van der Waals surface area contributed by atoms with Crippen LogP contribution in [0.4, 0.5) is 61.5 Å². The van der Waals surface area contributed by atoms with Crippen LogP contribution in [0.15, 0.2) is 0 Å². The van der Waals surface area contributed by atoms with Crippen LogP contribution >= 0.6 is 0 Å². The van der Waals surface area contributed by atoms with Crippen LogP contribution in [0.25, 0.3) is 0 Å².